The molecule has 0 bridgehead atoms. The number of rotatable bonds is 7. The van der Waals surface area contributed by atoms with Gasteiger partial charge in [-0.3, -0.25) is 20.0 Å². The maximum Gasteiger partial charge on any atom is 0.329 e. The summed E-state index contributed by atoms with van der Waals surface area (Å²) < 4.78 is 0.993. The van der Waals surface area contributed by atoms with E-state index in [4.69, 9.17) is 0 Å². The number of carbonyl (C=O) groups is 1. The quantitative estimate of drug-likeness (QED) is 0.543. The van der Waals surface area contributed by atoms with Gasteiger partial charge in [0.25, 0.3) is 5.56 Å². The molecule has 4 rings (SSSR count). The van der Waals surface area contributed by atoms with Crippen molar-refractivity contribution in [2.24, 2.45) is 0 Å². The number of aromatic amines is 2. The molecule has 152 valence electrons. The van der Waals surface area contributed by atoms with E-state index in [0.717, 1.165) is 29.7 Å². The average Bonchev–Trinajstić information content (AvgIpc) is 3.10. The van der Waals surface area contributed by atoms with Gasteiger partial charge in [0.05, 0.1) is 10.9 Å². The molecular weight excluding hydrogens is 392 g/mol. The van der Waals surface area contributed by atoms with Crippen LogP contribution in [-0.2, 0) is 4.79 Å². The summed E-state index contributed by atoms with van der Waals surface area (Å²) in [5.41, 5.74) is -0.655. The molecule has 1 atom stereocenters. The van der Waals surface area contributed by atoms with Gasteiger partial charge in [0.1, 0.15) is 11.9 Å². The SMILES string of the molecule is CSCC[C@@H](C(=O)Nc1n[nH]c(C2CCC2)n1)n1c(=O)[nH]c2ccccc2c1=O. The number of anilines is 1. The van der Waals surface area contributed by atoms with Gasteiger partial charge in [-0.05, 0) is 43.4 Å². The van der Waals surface area contributed by atoms with Gasteiger partial charge in [0.15, 0.2) is 0 Å². The van der Waals surface area contributed by atoms with Crippen molar-refractivity contribution in [2.75, 3.05) is 17.3 Å². The molecule has 0 aliphatic heterocycles. The highest BCUT2D eigenvalue weighted by Crippen LogP contribution is 2.34. The smallest absolute Gasteiger partial charge is 0.307 e. The third kappa shape index (κ3) is 3.84. The van der Waals surface area contributed by atoms with Crippen molar-refractivity contribution >= 4 is 34.5 Å². The number of amides is 1. The van der Waals surface area contributed by atoms with Crippen LogP contribution >= 0.6 is 11.8 Å². The standard InChI is InChI=1S/C19H22N6O3S/c1-29-10-9-14(16(26)22-18-21-15(23-24-18)11-5-4-6-11)25-17(27)12-7-2-3-8-13(12)20-19(25)28/h2-3,7-8,11,14H,4-6,9-10H2,1H3,(H,20,28)(H2,21,22,23,24,26)/t14-/m0/s1. The first-order valence-electron chi connectivity index (χ1n) is 9.54. The van der Waals surface area contributed by atoms with E-state index in [1.807, 2.05) is 6.26 Å². The molecule has 0 saturated heterocycles. The molecule has 1 amide bonds. The molecule has 29 heavy (non-hydrogen) atoms. The van der Waals surface area contributed by atoms with Gasteiger partial charge in [-0.1, -0.05) is 18.6 Å². The van der Waals surface area contributed by atoms with Crippen molar-refractivity contribution in [3.63, 3.8) is 0 Å². The molecule has 0 spiro atoms. The monoisotopic (exact) mass is 414 g/mol. The largest absolute Gasteiger partial charge is 0.329 e. The van der Waals surface area contributed by atoms with E-state index in [9.17, 15) is 14.4 Å². The van der Waals surface area contributed by atoms with Gasteiger partial charge in [-0.2, -0.15) is 16.7 Å². The number of benzene rings is 1. The van der Waals surface area contributed by atoms with Crippen LogP contribution < -0.4 is 16.6 Å². The second kappa shape index (κ2) is 8.24. The molecule has 1 aliphatic rings. The molecule has 1 fully saturated rings. The first-order chi connectivity index (χ1) is 14.1. The van der Waals surface area contributed by atoms with Crippen LogP contribution in [0.5, 0.6) is 0 Å². The summed E-state index contributed by atoms with van der Waals surface area (Å²) in [6.07, 6.45) is 5.51. The maximum atomic E-state index is 13.0. The van der Waals surface area contributed by atoms with Gasteiger partial charge < -0.3 is 4.98 Å². The van der Waals surface area contributed by atoms with E-state index in [-0.39, 0.29) is 5.95 Å². The summed E-state index contributed by atoms with van der Waals surface area (Å²) in [7, 11) is 0. The number of thioether (sulfide) groups is 1. The summed E-state index contributed by atoms with van der Waals surface area (Å²) in [6, 6.07) is 5.79. The van der Waals surface area contributed by atoms with E-state index in [1.54, 1.807) is 24.3 Å². The van der Waals surface area contributed by atoms with E-state index >= 15 is 0 Å². The van der Waals surface area contributed by atoms with Gasteiger partial charge >= 0.3 is 5.69 Å². The molecule has 2 aromatic heterocycles. The molecule has 1 aromatic carbocycles. The van der Waals surface area contributed by atoms with E-state index < -0.39 is 23.2 Å². The number of H-pyrrole nitrogens is 2. The normalized spacial score (nSPS) is 15.2. The highest BCUT2D eigenvalue weighted by Gasteiger charge is 2.27. The van der Waals surface area contributed by atoms with Gasteiger partial charge in [0.2, 0.25) is 11.9 Å². The van der Waals surface area contributed by atoms with Crippen LogP contribution in [0.4, 0.5) is 5.95 Å². The fraction of sp³-hybridized carbons (Fsp3) is 0.421. The lowest BCUT2D eigenvalue weighted by Gasteiger charge is -2.22. The maximum absolute atomic E-state index is 13.0. The summed E-state index contributed by atoms with van der Waals surface area (Å²) >= 11 is 1.54. The van der Waals surface area contributed by atoms with Crippen molar-refractivity contribution in [3.8, 4) is 0 Å². The third-order valence-corrected chi connectivity index (χ3v) is 5.92. The van der Waals surface area contributed by atoms with Crippen LogP contribution in [0.25, 0.3) is 10.9 Å². The number of hydrogen-bond acceptors (Lipinski definition) is 6. The molecule has 3 N–H and O–H groups in total. The number of nitrogens with one attached hydrogen (secondary N) is 3. The number of para-hydroxylation sites is 1. The lowest BCUT2D eigenvalue weighted by atomic mass is 9.85. The fourth-order valence-corrected chi connectivity index (χ4v) is 3.91. The van der Waals surface area contributed by atoms with Crippen LogP contribution in [0.1, 0.15) is 43.5 Å². The molecule has 10 heteroatoms. The Labute approximate surface area is 170 Å². The number of carbonyl (C=O) groups excluding carboxylic acids is 1. The lowest BCUT2D eigenvalue weighted by Crippen LogP contribution is -2.43. The van der Waals surface area contributed by atoms with Crippen molar-refractivity contribution < 1.29 is 4.79 Å². The van der Waals surface area contributed by atoms with Crippen LogP contribution in [0.15, 0.2) is 33.9 Å². The molecule has 1 saturated carbocycles. The zero-order valence-electron chi connectivity index (χ0n) is 16.0. The Kier molecular flexibility index (Phi) is 5.52. The lowest BCUT2D eigenvalue weighted by molar-refractivity contribution is -0.119. The van der Waals surface area contributed by atoms with Crippen LogP contribution in [0.3, 0.4) is 0 Å². The van der Waals surface area contributed by atoms with Crippen molar-refractivity contribution in [1.29, 1.82) is 0 Å². The summed E-state index contributed by atoms with van der Waals surface area (Å²) in [5.74, 6) is 1.40. The zero-order valence-corrected chi connectivity index (χ0v) is 16.8. The van der Waals surface area contributed by atoms with Gasteiger partial charge in [-0.25, -0.2) is 9.36 Å². The minimum Gasteiger partial charge on any atom is -0.307 e. The van der Waals surface area contributed by atoms with Gasteiger partial charge in [-0.15, -0.1) is 5.10 Å². The molecule has 0 radical (unpaired) electrons. The average molecular weight is 414 g/mol. The Hall–Kier alpha value is -2.88. The highest BCUT2D eigenvalue weighted by atomic mass is 32.2. The minimum atomic E-state index is -0.964. The Morgan fingerprint density at radius 2 is 2.14 bits per heavy atom. The summed E-state index contributed by atoms with van der Waals surface area (Å²) in [6.45, 7) is 0. The van der Waals surface area contributed by atoms with Crippen LogP contribution in [-0.4, -0.2) is 42.6 Å². The Morgan fingerprint density at radius 3 is 2.86 bits per heavy atom. The fourth-order valence-electron chi connectivity index (χ4n) is 3.45. The molecule has 1 aliphatic carbocycles. The van der Waals surface area contributed by atoms with Crippen molar-refractivity contribution in [1.82, 2.24) is 24.7 Å². The van der Waals surface area contributed by atoms with E-state index in [0.29, 0.717) is 29.0 Å². The third-order valence-electron chi connectivity index (χ3n) is 5.28. The highest BCUT2D eigenvalue weighted by molar-refractivity contribution is 7.98. The topological polar surface area (TPSA) is 126 Å². The summed E-state index contributed by atoms with van der Waals surface area (Å²) in [5, 5.41) is 9.95. The molecule has 0 unspecified atom stereocenters. The van der Waals surface area contributed by atoms with E-state index in [1.165, 1.54) is 11.8 Å². The minimum absolute atomic E-state index is 0.163. The van der Waals surface area contributed by atoms with Crippen LogP contribution in [0.2, 0.25) is 0 Å². The number of hydrogen-bond donors (Lipinski definition) is 3. The molecule has 2 heterocycles. The van der Waals surface area contributed by atoms with E-state index in [2.05, 4.69) is 25.5 Å². The Bertz CT molecular complexity index is 1150. The number of aromatic nitrogens is 5. The number of fused-ring (bicyclic) bond motifs is 1. The Morgan fingerprint density at radius 1 is 1.34 bits per heavy atom. The molecule has 3 aromatic rings. The van der Waals surface area contributed by atoms with Gasteiger partial charge in [0, 0.05) is 5.92 Å². The first-order valence-corrected chi connectivity index (χ1v) is 10.9. The summed E-state index contributed by atoms with van der Waals surface area (Å²) in [4.78, 5) is 45.6. The Balaban J connectivity index is 1.66. The predicted octanol–water partition coefficient (Wildman–Crippen LogP) is 2.01. The molecular formula is C19H22N6O3S. The molecule has 9 nitrogen and oxygen atoms in total. The predicted molar refractivity (Wildman–Crippen MR) is 112 cm³/mol. The van der Waals surface area contributed by atoms with Crippen molar-refractivity contribution in [2.45, 2.75) is 37.6 Å². The second-order valence-corrected chi connectivity index (χ2v) is 8.10. The van der Waals surface area contributed by atoms with Crippen LogP contribution in [0, 0.1) is 0 Å². The number of nitrogens with zero attached hydrogens (tertiary/aromatic N) is 3. The second-order valence-electron chi connectivity index (χ2n) is 7.11. The van der Waals surface area contributed by atoms with Crippen molar-refractivity contribution in [3.05, 3.63) is 50.9 Å². The first kappa shape index (κ1) is 19.4. The zero-order chi connectivity index (χ0) is 20.4.